The summed E-state index contributed by atoms with van der Waals surface area (Å²) in [6.07, 6.45) is 0.577. The van der Waals surface area contributed by atoms with Crippen molar-refractivity contribution in [1.29, 1.82) is 0 Å². The first-order valence-electron chi connectivity index (χ1n) is 5.83. The molecule has 0 amide bonds. The van der Waals surface area contributed by atoms with Gasteiger partial charge in [-0.25, -0.2) is 4.39 Å². The molecule has 2 aromatic carbocycles. The quantitative estimate of drug-likeness (QED) is 0.889. The molecule has 1 unspecified atom stereocenters. The number of nitrogens with two attached hydrogens (primary N) is 1. The Morgan fingerprint density at radius 2 is 1.89 bits per heavy atom. The summed E-state index contributed by atoms with van der Waals surface area (Å²) >= 11 is 6.01. The molecule has 0 aliphatic rings. The summed E-state index contributed by atoms with van der Waals surface area (Å²) in [5, 5.41) is 0.385. The van der Waals surface area contributed by atoms with Crippen LogP contribution in [-0.4, -0.2) is 0 Å². The number of hydrogen-bond acceptors (Lipinski definition) is 1. The second kappa shape index (κ2) is 5.51. The Hall–Kier alpha value is -1.38. The fraction of sp³-hybridized carbons (Fsp3) is 0.200. The van der Waals surface area contributed by atoms with E-state index in [9.17, 15) is 4.39 Å². The lowest BCUT2D eigenvalue weighted by atomic mass is 9.96. The zero-order valence-electron chi connectivity index (χ0n) is 10.2. The van der Waals surface area contributed by atoms with Gasteiger partial charge in [-0.3, -0.25) is 0 Å². The molecule has 0 saturated carbocycles. The highest BCUT2D eigenvalue weighted by Crippen LogP contribution is 2.27. The zero-order chi connectivity index (χ0) is 13.1. The maximum Gasteiger partial charge on any atom is 0.129 e. The summed E-state index contributed by atoms with van der Waals surface area (Å²) in [6.45, 7) is 2.02. The molecule has 1 atom stereocenters. The van der Waals surface area contributed by atoms with Crippen LogP contribution in [-0.2, 0) is 6.42 Å². The van der Waals surface area contributed by atoms with Gasteiger partial charge in [0.25, 0.3) is 0 Å². The summed E-state index contributed by atoms with van der Waals surface area (Å²) in [5.74, 6) is -0.344. The summed E-state index contributed by atoms with van der Waals surface area (Å²) in [7, 11) is 0. The molecular weight excluding hydrogens is 249 g/mol. The van der Waals surface area contributed by atoms with Crippen molar-refractivity contribution < 1.29 is 4.39 Å². The molecule has 0 aromatic heterocycles. The number of benzene rings is 2. The molecule has 0 aliphatic carbocycles. The maximum atomic E-state index is 13.7. The molecule has 2 aromatic rings. The lowest BCUT2D eigenvalue weighted by molar-refractivity contribution is 0.580. The minimum Gasteiger partial charge on any atom is -0.324 e. The van der Waals surface area contributed by atoms with Crippen LogP contribution in [0.4, 0.5) is 4.39 Å². The van der Waals surface area contributed by atoms with E-state index in [1.54, 1.807) is 12.1 Å². The van der Waals surface area contributed by atoms with Crippen molar-refractivity contribution in [3.63, 3.8) is 0 Å². The fourth-order valence-corrected chi connectivity index (χ4v) is 2.35. The van der Waals surface area contributed by atoms with Gasteiger partial charge in [-0.2, -0.15) is 0 Å². The molecular formula is C15H15ClFN. The molecule has 94 valence electrons. The number of hydrogen-bond donors (Lipinski definition) is 1. The van der Waals surface area contributed by atoms with Gasteiger partial charge in [0.05, 0.1) is 0 Å². The summed E-state index contributed by atoms with van der Waals surface area (Å²) in [6, 6.07) is 12.2. The van der Waals surface area contributed by atoms with Crippen molar-refractivity contribution >= 4 is 11.6 Å². The molecule has 18 heavy (non-hydrogen) atoms. The van der Waals surface area contributed by atoms with Crippen LogP contribution in [0.1, 0.15) is 22.7 Å². The Morgan fingerprint density at radius 1 is 1.17 bits per heavy atom. The number of aryl methyl sites for hydroxylation is 1. The second-order valence-corrected chi connectivity index (χ2v) is 4.78. The lowest BCUT2D eigenvalue weighted by Crippen LogP contribution is -2.16. The maximum absolute atomic E-state index is 13.7. The van der Waals surface area contributed by atoms with E-state index in [0.29, 0.717) is 17.0 Å². The van der Waals surface area contributed by atoms with Crippen LogP contribution in [0.3, 0.4) is 0 Å². The van der Waals surface area contributed by atoms with Crippen LogP contribution in [0.25, 0.3) is 0 Å². The van der Waals surface area contributed by atoms with Gasteiger partial charge in [-0.05, 0) is 36.6 Å². The van der Waals surface area contributed by atoms with Gasteiger partial charge in [0.2, 0.25) is 0 Å². The molecule has 2 rings (SSSR count). The fourth-order valence-electron chi connectivity index (χ4n) is 2.04. The Labute approximate surface area is 111 Å². The van der Waals surface area contributed by atoms with Gasteiger partial charge >= 0.3 is 0 Å². The van der Waals surface area contributed by atoms with E-state index in [1.165, 1.54) is 6.07 Å². The van der Waals surface area contributed by atoms with Crippen molar-refractivity contribution in [3.05, 3.63) is 70.0 Å². The van der Waals surface area contributed by atoms with Crippen molar-refractivity contribution in [2.24, 2.45) is 5.73 Å². The predicted octanol–water partition coefficient (Wildman–Crippen LogP) is 4.03. The van der Waals surface area contributed by atoms with Crippen molar-refractivity contribution in [2.45, 2.75) is 19.4 Å². The van der Waals surface area contributed by atoms with Crippen LogP contribution < -0.4 is 5.73 Å². The normalized spacial score (nSPS) is 12.4. The first-order valence-corrected chi connectivity index (χ1v) is 6.21. The zero-order valence-corrected chi connectivity index (χ0v) is 10.9. The van der Waals surface area contributed by atoms with Crippen molar-refractivity contribution in [1.82, 2.24) is 0 Å². The molecule has 0 spiro atoms. The monoisotopic (exact) mass is 263 g/mol. The van der Waals surface area contributed by atoms with Crippen molar-refractivity contribution in [2.75, 3.05) is 0 Å². The number of rotatable bonds is 3. The predicted molar refractivity (Wildman–Crippen MR) is 73.2 cm³/mol. The third-order valence-corrected chi connectivity index (χ3v) is 3.40. The first kappa shape index (κ1) is 13.1. The third-order valence-electron chi connectivity index (χ3n) is 3.07. The van der Waals surface area contributed by atoms with E-state index in [4.69, 9.17) is 17.3 Å². The largest absolute Gasteiger partial charge is 0.324 e. The van der Waals surface area contributed by atoms with Crippen LogP contribution in [0.15, 0.2) is 42.5 Å². The van der Waals surface area contributed by atoms with E-state index >= 15 is 0 Å². The Bertz CT molecular complexity index is 534. The van der Waals surface area contributed by atoms with Crippen LogP contribution in [0.5, 0.6) is 0 Å². The van der Waals surface area contributed by atoms with Crippen molar-refractivity contribution in [3.8, 4) is 0 Å². The third kappa shape index (κ3) is 2.71. The van der Waals surface area contributed by atoms with E-state index in [2.05, 4.69) is 0 Å². The standard InChI is InChI=1S/C15H15ClFN/c1-10-5-2-3-6-11(10)9-14(18)15-12(16)7-4-8-13(15)17/h2-8,14H,9,18H2,1H3. The Balaban J connectivity index is 2.28. The van der Waals surface area contributed by atoms with Gasteiger partial charge in [0.15, 0.2) is 0 Å². The molecule has 3 heteroatoms. The average molecular weight is 264 g/mol. The highest BCUT2D eigenvalue weighted by molar-refractivity contribution is 6.31. The van der Waals surface area contributed by atoms with Crippen LogP contribution in [0.2, 0.25) is 5.02 Å². The summed E-state index contributed by atoms with van der Waals surface area (Å²) in [4.78, 5) is 0. The molecule has 1 nitrogen and oxygen atoms in total. The van der Waals surface area contributed by atoms with Gasteiger partial charge < -0.3 is 5.73 Å². The van der Waals surface area contributed by atoms with Crippen LogP contribution in [0, 0.1) is 12.7 Å². The van der Waals surface area contributed by atoms with Gasteiger partial charge in [-0.15, -0.1) is 0 Å². The lowest BCUT2D eigenvalue weighted by Gasteiger charge is -2.16. The number of halogens is 2. The van der Waals surface area contributed by atoms with E-state index in [1.807, 2.05) is 31.2 Å². The van der Waals surface area contributed by atoms with Gasteiger partial charge in [0, 0.05) is 16.6 Å². The highest BCUT2D eigenvalue weighted by Gasteiger charge is 2.16. The topological polar surface area (TPSA) is 26.0 Å². The average Bonchev–Trinajstić information content (AvgIpc) is 2.32. The Kier molecular flexibility index (Phi) is 4.00. The molecule has 0 fully saturated rings. The Morgan fingerprint density at radius 3 is 2.56 bits per heavy atom. The molecule has 2 N–H and O–H groups in total. The first-order chi connectivity index (χ1) is 8.59. The highest BCUT2D eigenvalue weighted by atomic mass is 35.5. The minimum atomic E-state index is -0.431. The van der Waals surface area contributed by atoms with E-state index in [0.717, 1.165) is 11.1 Å². The summed E-state index contributed by atoms with van der Waals surface area (Å²) < 4.78 is 13.7. The molecule has 0 saturated heterocycles. The molecule has 0 bridgehead atoms. The molecule has 0 heterocycles. The van der Waals surface area contributed by atoms with E-state index < -0.39 is 6.04 Å². The summed E-state index contributed by atoms with van der Waals surface area (Å²) in [5.41, 5.74) is 8.73. The smallest absolute Gasteiger partial charge is 0.129 e. The van der Waals surface area contributed by atoms with Gasteiger partial charge in [-0.1, -0.05) is 41.9 Å². The second-order valence-electron chi connectivity index (χ2n) is 4.37. The van der Waals surface area contributed by atoms with Crippen LogP contribution >= 0.6 is 11.6 Å². The molecule has 0 radical (unpaired) electrons. The van der Waals surface area contributed by atoms with E-state index in [-0.39, 0.29) is 5.82 Å². The SMILES string of the molecule is Cc1ccccc1CC(N)c1c(F)cccc1Cl. The minimum absolute atomic E-state index is 0.344. The molecule has 0 aliphatic heterocycles. The van der Waals surface area contributed by atoms with Gasteiger partial charge in [0.1, 0.15) is 5.82 Å².